The number of nitriles is 1. The maximum atomic E-state index is 8.75. The molecule has 0 spiro atoms. The van der Waals surface area contributed by atoms with Crippen molar-refractivity contribution in [1.29, 1.82) is 5.26 Å². The second-order valence-electron chi connectivity index (χ2n) is 4.44. The number of hydrogen-bond donors (Lipinski definition) is 0. The Balaban J connectivity index is 1.93. The smallest absolute Gasteiger partial charge is 0.177 e. The molecule has 2 aromatic rings. The molecule has 0 unspecified atom stereocenters. The highest BCUT2D eigenvalue weighted by Gasteiger charge is 1.99. The van der Waals surface area contributed by atoms with E-state index in [1.165, 1.54) is 0 Å². The van der Waals surface area contributed by atoms with Gasteiger partial charge in [-0.1, -0.05) is 23.2 Å². The van der Waals surface area contributed by atoms with Crippen LogP contribution in [0.5, 0.6) is 0 Å². The zero-order chi connectivity index (χ0) is 15.8. The number of aromatic nitrogens is 2. The van der Waals surface area contributed by atoms with Crippen LogP contribution in [0.1, 0.15) is 29.7 Å². The van der Waals surface area contributed by atoms with E-state index in [1.807, 2.05) is 38.1 Å². The summed E-state index contributed by atoms with van der Waals surface area (Å²) < 4.78 is 0. The lowest BCUT2D eigenvalue weighted by atomic mass is 10.2. The molecule has 2 rings (SSSR count). The highest BCUT2D eigenvalue weighted by Crippen LogP contribution is 2.00. The molecule has 0 aliphatic carbocycles. The summed E-state index contributed by atoms with van der Waals surface area (Å²) in [7, 11) is 0. The molecule has 0 aliphatic heterocycles. The van der Waals surface area contributed by atoms with Gasteiger partial charge in [0.25, 0.3) is 0 Å². The van der Waals surface area contributed by atoms with Crippen LogP contribution < -0.4 is 0 Å². The molecule has 0 saturated carbocycles. The molecule has 0 amide bonds. The van der Waals surface area contributed by atoms with E-state index in [1.54, 1.807) is 18.2 Å². The molecule has 5 nitrogen and oxygen atoms in total. The molecular formula is C17H14N4O. The van der Waals surface area contributed by atoms with Gasteiger partial charge in [0, 0.05) is 5.69 Å². The van der Waals surface area contributed by atoms with E-state index in [4.69, 9.17) is 10.1 Å². The first-order valence-electron chi connectivity index (χ1n) is 6.65. The van der Waals surface area contributed by atoms with Gasteiger partial charge in [-0.2, -0.15) is 5.26 Å². The number of rotatable bonds is 3. The first-order valence-corrected chi connectivity index (χ1v) is 6.65. The molecule has 0 N–H and O–H groups in total. The average molecular weight is 290 g/mol. The Morgan fingerprint density at radius 2 is 1.95 bits per heavy atom. The first-order chi connectivity index (χ1) is 10.7. The highest BCUT2D eigenvalue weighted by molar-refractivity contribution is 5.96. The van der Waals surface area contributed by atoms with Gasteiger partial charge in [0.15, 0.2) is 6.61 Å². The van der Waals surface area contributed by atoms with Gasteiger partial charge in [-0.3, -0.25) is 4.98 Å². The molecule has 5 heteroatoms. The Hall–Kier alpha value is -3.18. The topological polar surface area (TPSA) is 71.2 Å². The van der Waals surface area contributed by atoms with Gasteiger partial charge < -0.3 is 4.84 Å². The molecule has 22 heavy (non-hydrogen) atoms. The van der Waals surface area contributed by atoms with Crippen molar-refractivity contribution in [3.05, 3.63) is 59.2 Å². The van der Waals surface area contributed by atoms with Crippen molar-refractivity contribution < 1.29 is 4.84 Å². The lowest BCUT2D eigenvalue weighted by Gasteiger charge is -2.00. The number of oxime groups is 1. The van der Waals surface area contributed by atoms with E-state index < -0.39 is 0 Å². The van der Waals surface area contributed by atoms with Crippen molar-refractivity contribution in [3.8, 4) is 17.9 Å². The summed E-state index contributed by atoms with van der Waals surface area (Å²) in [5.41, 5.74) is 3.26. The second-order valence-corrected chi connectivity index (χ2v) is 4.44. The van der Waals surface area contributed by atoms with Crippen LogP contribution in [0.25, 0.3) is 0 Å². The highest BCUT2D eigenvalue weighted by atomic mass is 16.6. The number of hydrogen-bond acceptors (Lipinski definition) is 5. The fraction of sp³-hybridized carbons (Fsp3) is 0.176. The third-order valence-corrected chi connectivity index (χ3v) is 2.68. The summed E-state index contributed by atoms with van der Waals surface area (Å²) in [4.78, 5) is 13.5. The minimum atomic E-state index is 0.140. The zero-order valence-electron chi connectivity index (χ0n) is 12.4. The van der Waals surface area contributed by atoms with Crippen molar-refractivity contribution in [2.75, 3.05) is 6.61 Å². The Kier molecular flexibility index (Phi) is 5.23. The van der Waals surface area contributed by atoms with Crippen LogP contribution in [0.2, 0.25) is 0 Å². The molecule has 0 radical (unpaired) electrons. The van der Waals surface area contributed by atoms with E-state index in [0.717, 1.165) is 11.4 Å². The fourth-order valence-electron chi connectivity index (χ4n) is 1.65. The Morgan fingerprint density at radius 3 is 2.73 bits per heavy atom. The maximum Gasteiger partial charge on any atom is 0.177 e. The zero-order valence-corrected chi connectivity index (χ0v) is 12.4. The molecule has 0 saturated heterocycles. The summed E-state index contributed by atoms with van der Waals surface area (Å²) in [6.45, 7) is 3.89. The molecule has 0 atom stereocenters. The van der Waals surface area contributed by atoms with E-state index in [0.29, 0.717) is 17.1 Å². The average Bonchev–Trinajstić information content (AvgIpc) is 2.54. The monoisotopic (exact) mass is 290 g/mol. The van der Waals surface area contributed by atoms with E-state index >= 15 is 0 Å². The second kappa shape index (κ2) is 7.56. The summed E-state index contributed by atoms with van der Waals surface area (Å²) in [5, 5.41) is 12.7. The number of nitrogens with zero attached hydrogens (tertiary/aromatic N) is 4. The number of pyridine rings is 2. The Morgan fingerprint density at radius 1 is 1.18 bits per heavy atom. The van der Waals surface area contributed by atoms with Gasteiger partial charge >= 0.3 is 0 Å². The Labute approximate surface area is 129 Å². The van der Waals surface area contributed by atoms with Gasteiger partial charge in [0.05, 0.1) is 5.69 Å². The molecule has 0 bridgehead atoms. The minimum Gasteiger partial charge on any atom is -0.382 e. The predicted molar refractivity (Wildman–Crippen MR) is 83.0 cm³/mol. The van der Waals surface area contributed by atoms with Crippen molar-refractivity contribution in [2.45, 2.75) is 13.8 Å². The van der Waals surface area contributed by atoms with Gasteiger partial charge in [-0.15, -0.1) is 0 Å². The molecule has 2 aromatic heterocycles. The van der Waals surface area contributed by atoms with Crippen LogP contribution >= 0.6 is 0 Å². The van der Waals surface area contributed by atoms with E-state index in [9.17, 15) is 0 Å². The SMILES string of the molecule is C/C(=N/OCC#Cc1cccc(C#N)n1)c1cccc(C)n1. The standard InChI is InChI=1S/C17H14N4O/c1-13-6-3-10-17(19-13)14(2)21-22-11-5-9-15-7-4-8-16(12-18)20-15/h3-4,6-8,10H,11H2,1-2H3/b21-14-. The summed E-state index contributed by atoms with van der Waals surface area (Å²) in [5.74, 6) is 5.62. The van der Waals surface area contributed by atoms with Crippen LogP contribution in [0, 0.1) is 30.1 Å². The molecule has 0 aromatic carbocycles. The minimum absolute atomic E-state index is 0.140. The van der Waals surface area contributed by atoms with Crippen molar-refractivity contribution in [3.63, 3.8) is 0 Å². The number of aryl methyl sites for hydroxylation is 1. The van der Waals surface area contributed by atoms with Gasteiger partial charge in [-0.25, -0.2) is 4.98 Å². The van der Waals surface area contributed by atoms with Crippen LogP contribution in [0.15, 0.2) is 41.6 Å². The molecule has 0 fully saturated rings. The van der Waals surface area contributed by atoms with Crippen molar-refractivity contribution >= 4 is 5.71 Å². The third-order valence-electron chi connectivity index (χ3n) is 2.68. The summed E-state index contributed by atoms with van der Waals surface area (Å²) in [6.07, 6.45) is 0. The van der Waals surface area contributed by atoms with Crippen LogP contribution in [-0.4, -0.2) is 22.3 Å². The van der Waals surface area contributed by atoms with E-state index in [2.05, 4.69) is 27.0 Å². The van der Waals surface area contributed by atoms with Crippen LogP contribution in [0.3, 0.4) is 0 Å². The third kappa shape index (κ3) is 4.43. The molecule has 108 valence electrons. The maximum absolute atomic E-state index is 8.75. The van der Waals surface area contributed by atoms with Gasteiger partial charge in [0.1, 0.15) is 23.2 Å². The predicted octanol–water partition coefficient (Wildman–Crippen LogP) is 2.45. The quantitative estimate of drug-likeness (QED) is 0.377. The first kappa shape index (κ1) is 15.2. The fourth-order valence-corrected chi connectivity index (χ4v) is 1.65. The lowest BCUT2D eigenvalue weighted by molar-refractivity contribution is 0.179. The lowest BCUT2D eigenvalue weighted by Crippen LogP contribution is -2.00. The normalized spacial score (nSPS) is 10.3. The molecule has 2 heterocycles. The Bertz CT molecular complexity index is 794. The van der Waals surface area contributed by atoms with Crippen molar-refractivity contribution in [1.82, 2.24) is 9.97 Å². The summed E-state index contributed by atoms with van der Waals surface area (Å²) >= 11 is 0. The van der Waals surface area contributed by atoms with Gasteiger partial charge in [-0.05, 0) is 44.0 Å². The van der Waals surface area contributed by atoms with Crippen LogP contribution in [0.4, 0.5) is 0 Å². The largest absolute Gasteiger partial charge is 0.382 e. The van der Waals surface area contributed by atoms with Crippen LogP contribution in [-0.2, 0) is 4.84 Å². The van der Waals surface area contributed by atoms with Gasteiger partial charge in [0.2, 0.25) is 0 Å². The van der Waals surface area contributed by atoms with Crippen molar-refractivity contribution in [2.24, 2.45) is 5.16 Å². The molecular weight excluding hydrogens is 276 g/mol. The summed E-state index contributed by atoms with van der Waals surface area (Å²) in [6, 6.07) is 12.8. The van der Waals surface area contributed by atoms with E-state index in [-0.39, 0.29) is 6.61 Å². The molecule has 0 aliphatic rings.